The Bertz CT molecular complexity index is 190. The van der Waals surface area contributed by atoms with Crippen LogP contribution in [0.15, 0.2) is 24.3 Å². The van der Waals surface area contributed by atoms with Crippen molar-refractivity contribution in [3.8, 4) is 0 Å². The summed E-state index contributed by atoms with van der Waals surface area (Å²) in [6.07, 6.45) is 0. The van der Waals surface area contributed by atoms with Crippen LogP contribution in [0.1, 0.15) is 6.99 Å². The number of nitrogen functional groups attached to an aromatic ring is 1. The van der Waals surface area contributed by atoms with Crippen molar-refractivity contribution in [3.63, 3.8) is 0 Å². The maximum atomic E-state index is 8.59. The molecule has 3 N–H and O–H groups in total. The summed E-state index contributed by atoms with van der Waals surface area (Å²) < 4.78 is 0. The number of aliphatic hydroxyl groups excluding tert-OH is 1. The summed E-state index contributed by atoms with van der Waals surface area (Å²) in [5, 5.41) is 8.59. The molecule has 0 saturated heterocycles. The molecule has 0 unspecified atom stereocenters. The first kappa shape index (κ1) is 10.6. The molecule has 1 aromatic rings. The number of rotatable bonds is 1. The molecule has 0 heterocycles. The molecule has 0 fully saturated rings. The van der Waals surface area contributed by atoms with Gasteiger partial charge in [0.25, 0.3) is 0 Å². The van der Waals surface area contributed by atoms with Crippen LogP contribution in [0.25, 0.3) is 0 Å². The van der Waals surface area contributed by atoms with Crippen LogP contribution in [-0.2, 0) is 6.61 Å². The van der Waals surface area contributed by atoms with E-state index in [1.807, 2.05) is 0 Å². The molecule has 1 rings (SSSR count). The maximum absolute atomic E-state index is 8.59. The molecule has 0 atom stereocenters. The Morgan fingerprint density at radius 2 is 1.80 bits per heavy atom. The van der Waals surface area contributed by atoms with E-state index in [0.717, 1.165) is 11.3 Å². The van der Waals surface area contributed by atoms with E-state index in [2.05, 4.69) is 0 Å². The minimum atomic E-state index is 0. The molecule has 0 spiro atoms. The van der Waals surface area contributed by atoms with Gasteiger partial charge >= 0.3 is 51.4 Å². The molecular weight excluding hydrogens is 153 g/mol. The Labute approximate surface area is 104 Å². The summed E-state index contributed by atoms with van der Waals surface area (Å²) >= 11 is 0. The smallest absolute Gasteiger partial charge is 1.00 e. The number of hydrogen-bond donors (Lipinski definition) is 2. The van der Waals surface area contributed by atoms with Crippen molar-refractivity contribution in [1.82, 2.24) is 0 Å². The first-order valence-corrected chi connectivity index (χ1v) is 2.78. The average molecular weight is 163 g/mol. The van der Waals surface area contributed by atoms with Crippen LogP contribution in [0.5, 0.6) is 0 Å². The summed E-state index contributed by atoms with van der Waals surface area (Å²) in [6.45, 7) is 0.0836. The van der Waals surface area contributed by atoms with E-state index in [4.69, 9.17) is 10.8 Å². The number of aliphatic hydroxyl groups is 1. The van der Waals surface area contributed by atoms with E-state index in [0.29, 0.717) is 0 Å². The number of benzene rings is 1. The fourth-order valence-corrected chi connectivity index (χ4v) is 0.623. The zero-order valence-electron chi connectivity index (χ0n) is 7.04. The van der Waals surface area contributed by atoms with Crippen molar-refractivity contribution in [3.05, 3.63) is 29.8 Å². The zero-order valence-corrected chi connectivity index (χ0v) is 9.16. The standard InChI is InChI=1S/C7H9NO.K.H/c8-7-3-1-6(5-9)2-4-7;;/h1-4,9H,5,8H2;;/q;+1;-1. The SMILES string of the molecule is Nc1ccc(CO)cc1.[H-].[K+]. The van der Waals surface area contributed by atoms with Crippen LogP contribution >= 0.6 is 0 Å². The topological polar surface area (TPSA) is 46.2 Å². The maximum Gasteiger partial charge on any atom is 1.00 e. The van der Waals surface area contributed by atoms with Gasteiger partial charge < -0.3 is 12.3 Å². The number of nitrogens with two attached hydrogens (primary N) is 1. The zero-order chi connectivity index (χ0) is 6.69. The van der Waals surface area contributed by atoms with Crippen molar-refractivity contribution in [2.24, 2.45) is 0 Å². The van der Waals surface area contributed by atoms with Crippen molar-refractivity contribution >= 4 is 5.69 Å². The second-order valence-electron chi connectivity index (χ2n) is 1.90. The fourth-order valence-electron chi connectivity index (χ4n) is 0.623. The molecule has 10 heavy (non-hydrogen) atoms. The molecule has 1 aromatic carbocycles. The molecule has 0 aliphatic carbocycles. The molecule has 0 amide bonds. The van der Waals surface area contributed by atoms with Crippen LogP contribution in [-0.4, -0.2) is 5.11 Å². The minimum absolute atomic E-state index is 0. The van der Waals surface area contributed by atoms with E-state index in [9.17, 15) is 0 Å². The van der Waals surface area contributed by atoms with Crippen molar-refractivity contribution < 1.29 is 57.9 Å². The van der Waals surface area contributed by atoms with Gasteiger partial charge in [-0.05, 0) is 17.7 Å². The van der Waals surface area contributed by atoms with E-state index in [1.54, 1.807) is 24.3 Å². The molecule has 50 valence electrons. The van der Waals surface area contributed by atoms with Crippen LogP contribution in [0.2, 0.25) is 0 Å². The molecular formula is C7H10KNO. The molecule has 3 heteroatoms. The fraction of sp³-hybridized carbons (Fsp3) is 0.143. The largest absolute Gasteiger partial charge is 1.00 e. The van der Waals surface area contributed by atoms with Gasteiger partial charge in [0.15, 0.2) is 0 Å². The van der Waals surface area contributed by atoms with Gasteiger partial charge in [-0.3, -0.25) is 0 Å². The first-order chi connectivity index (χ1) is 4.33. The van der Waals surface area contributed by atoms with Crippen molar-refractivity contribution in [2.75, 3.05) is 5.73 Å². The van der Waals surface area contributed by atoms with E-state index in [1.165, 1.54) is 0 Å². The molecule has 0 saturated carbocycles. The minimum Gasteiger partial charge on any atom is -1.00 e. The van der Waals surface area contributed by atoms with Gasteiger partial charge in [-0.25, -0.2) is 0 Å². The molecule has 0 aliphatic rings. The third-order valence-corrected chi connectivity index (χ3v) is 1.16. The summed E-state index contributed by atoms with van der Waals surface area (Å²) in [5.41, 5.74) is 7.02. The third-order valence-electron chi connectivity index (χ3n) is 1.16. The predicted molar refractivity (Wildman–Crippen MR) is 37.9 cm³/mol. The monoisotopic (exact) mass is 163 g/mol. The Balaban J connectivity index is 0. The van der Waals surface area contributed by atoms with Gasteiger partial charge in [-0.2, -0.15) is 0 Å². The number of anilines is 1. The van der Waals surface area contributed by atoms with Crippen LogP contribution < -0.4 is 57.1 Å². The summed E-state index contributed by atoms with van der Waals surface area (Å²) in [5.74, 6) is 0. The summed E-state index contributed by atoms with van der Waals surface area (Å²) in [7, 11) is 0. The van der Waals surface area contributed by atoms with Crippen LogP contribution in [0.4, 0.5) is 5.69 Å². The Hall–Kier alpha value is 0.616. The quantitative estimate of drug-likeness (QED) is 0.367. The Kier molecular flexibility index (Phi) is 5.62. The van der Waals surface area contributed by atoms with Gasteiger partial charge in [0.2, 0.25) is 0 Å². The van der Waals surface area contributed by atoms with Gasteiger partial charge in [0.05, 0.1) is 6.61 Å². The second-order valence-corrected chi connectivity index (χ2v) is 1.90. The molecule has 0 radical (unpaired) electrons. The van der Waals surface area contributed by atoms with Gasteiger partial charge in [0, 0.05) is 5.69 Å². The van der Waals surface area contributed by atoms with Crippen LogP contribution in [0.3, 0.4) is 0 Å². The van der Waals surface area contributed by atoms with E-state index >= 15 is 0 Å². The molecule has 0 bridgehead atoms. The third kappa shape index (κ3) is 3.14. The van der Waals surface area contributed by atoms with Gasteiger partial charge in [-0.15, -0.1) is 0 Å². The predicted octanol–water partition coefficient (Wildman–Crippen LogP) is -2.12. The van der Waals surface area contributed by atoms with Crippen molar-refractivity contribution in [2.45, 2.75) is 6.61 Å². The van der Waals surface area contributed by atoms with E-state index in [-0.39, 0.29) is 59.4 Å². The first-order valence-electron chi connectivity index (χ1n) is 2.78. The summed E-state index contributed by atoms with van der Waals surface area (Å²) in [6, 6.07) is 7.14. The van der Waals surface area contributed by atoms with Crippen LogP contribution in [0, 0.1) is 0 Å². The molecule has 0 aromatic heterocycles. The van der Waals surface area contributed by atoms with Crippen molar-refractivity contribution in [1.29, 1.82) is 0 Å². The normalized spacial score (nSPS) is 8.50. The van der Waals surface area contributed by atoms with Gasteiger partial charge in [-0.1, -0.05) is 12.1 Å². The average Bonchev–Trinajstić information content (AvgIpc) is 1.90. The number of hydrogen-bond acceptors (Lipinski definition) is 2. The summed E-state index contributed by atoms with van der Waals surface area (Å²) in [4.78, 5) is 0. The second kappa shape index (κ2) is 5.29. The van der Waals surface area contributed by atoms with Gasteiger partial charge in [0.1, 0.15) is 0 Å². The Morgan fingerprint density at radius 3 is 2.20 bits per heavy atom. The Morgan fingerprint density at radius 1 is 1.30 bits per heavy atom. The molecule has 0 aliphatic heterocycles. The molecule has 2 nitrogen and oxygen atoms in total. The van der Waals surface area contributed by atoms with E-state index < -0.39 is 0 Å².